The van der Waals surface area contributed by atoms with Gasteiger partial charge in [-0.15, -0.1) is 12.4 Å². The van der Waals surface area contributed by atoms with Crippen LogP contribution in [0.5, 0.6) is 11.5 Å². The summed E-state index contributed by atoms with van der Waals surface area (Å²) in [6.07, 6.45) is 9.07. The van der Waals surface area contributed by atoms with E-state index in [1.54, 1.807) is 0 Å². The molecule has 1 heterocycles. The van der Waals surface area contributed by atoms with E-state index in [1.807, 2.05) is 12.1 Å². The maximum atomic E-state index is 10.1. The molecule has 0 amide bonds. The molecule has 5 heteroatoms. The maximum Gasteiger partial charge on any atom is 0.126 e. The Balaban J connectivity index is 0.00000208. The van der Waals surface area contributed by atoms with Crippen molar-refractivity contribution < 1.29 is 14.6 Å². The quantitative estimate of drug-likeness (QED) is 0.786. The summed E-state index contributed by atoms with van der Waals surface area (Å²) in [5.41, 5.74) is 1.25. The standard InChI is InChI=1S/C19H29NO3.ClH/c21-17(10-11-20-16-6-2-1-3-7-16)14-23-18-9-8-15-5-4-12-22-19(15)13-18;/h8-9,13,16-17,20-21H,1-7,10-12,14H2;1H. The summed E-state index contributed by atoms with van der Waals surface area (Å²) < 4.78 is 11.4. The molecule has 24 heavy (non-hydrogen) atoms. The molecule has 1 fully saturated rings. The van der Waals surface area contributed by atoms with Gasteiger partial charge >= 0.3 is 0 Å². The number of hydrogen-bond acceptors (Lipinski definition) is 4. The monoisotopic (exact) mass is 355 g/mol. The van der Waals surface area contributed by atoms with Crippen molar-refractivity contribution in [3.63, 3.8) is 0 Å². The van der Waals surface area contributed by atoms with Crippen LogP contribution >= 0.6 is 12.4 Å². The van der Waals surface area contributed by atoms with Crippen molar-refractivity contribution in [2.45, 2.75) is 63.5 Å². The van der Waals surface area contributed by atoms with Crippen LogP contribution < -0.4 is 14.8 Å². The molecule has 1 unspecified atom stereocenters. The Labute approximate surface area is 151 Å². The molecule has 4 nitrogen and oxygen atoms in total. The lowest BCUT2D eigenvalue weighted by molar-refractivity contribution is 0.0984. The number of aryl methyl sites for hydroxylation is 1. The van der Waals surface area contributed by atoms with E-state index in [1.165, 1.54) is 37.7 Å². The number of benzene rings is 1. The van der Waals surface area contributed by atoms with Gasteiger partial charge in [-0.2, -0.15) is 0 Å². The lowest BCUT2D eigenvalue weighted by atomic mass is 9.95. The summed E-state index contributed by atoms with van der Waals surface area (Å²) in [5.74, 6) is 1.71. The van der Waals surface area contributed by atoms with Gasteiger partial charge in [0.25, 0.3) is 0 Å². The minimum Gasteiger partial charge on any atom is -0.493 e. The average Bonchev–Trinajstić information content (AvgIpc) is 2.61. The first-order valence-corrected chi connectivity index (χ1v) is 9.11. The second kappa shape index (κ2) is 10.1. The molecule has 1 aromatic carbocycles. The summed E-state index contributed by atoms with van der Waals surface area (Å²) in [5, 5.41) is 13.6. The van der Waals surface area contributed by atoms with Gasteiger partial charge in [0.05, 0.1) is 12.7 Å². The number of halogens is 1. The number of rotatable bonds is 7. The van der Waals surface area contributed by atoms with Gasteiger partial charge in [-0.3, -0.25) is 0 Å². The van der Waals surface area contributed by atoms with Gasteiger partial charge in [-0.05, 0) is 50.3 Å². The molecule has 0 radical (unpaired) electrons. The minimum absolute atomic E-state index is 0. The SMILES string of the molecule is Cl.OC(CCNC1CCCCC1)COc1ccc2c(c1)OCCC2. The van der Waals surface area contributed by atoms with Crippen molar-refractivity contribution in [2.75, 3.05) is 19.8 Å². The average molecular weight is 356 g/mol. The Hall–Kier alpha value is -0.970. The van der Waals surface area contributed by atoms with Crippen LogP contribution in [0, 0.1) is 0 Å². The molecule has 1 aromatic rings. The highest BCUT2D eigenvalue weighted by atomic mass is 35.5. The normalized spacial score (nSPS) is 18.9. The van der Waals surface area contributed by atoms with Crippen molar-refractivity contribution in [1.29, 1.82) is 0 Å². The zero-order valence-corrected chi connectivity index (χ0v) is 15.2. The van der Waals surface area contributed by atoms with Crippen molar-refractivity contribution in [2.24, 2.45) is 0 Å². The summed E-state index contributed by atoms with van der Waals surface area (Å²) in [7, 11) is 0. The minimum atomic E-state index is -0.428. The van der Waals surface area contributed by atoms with E-state index in [4.69, 9.17) is 9.47 Å². The smallest absolute Gasteiger partial charge is 0.126 e. The van der Waals surface area contributed by atoms with Crippen molar-refractivity contribution in [3.05, 3.63) is 23.8 Å². The fraction of sp³-hybridized carbons (Fsp3) is 0.684. The van der Waals surface area contributed by atoms with E-state index in [9.17, 15) is 5.11 Å². The largest absolute Gasteiger partial charge is 0.493 e. The third-order valence-corrected chi connectivity index (χ3v) is 4.84. The molecule has 2 N–H and O–H groups in total. The van der Waals surface area contributed by atoms with E-state index < -0.39 is 6.10 Å². The second-order valence-corrected chi connectivity index (χ2v) is 6.76. The number of aliphatic hydroxyl groups excluding tert-OH is 1. The van der Waals surface area contributed by atoms with Crippen LogP contribution in [-0.2, 0) is 6.42 Å². The van der Waals surface area contributed by atoms with Crippen LogP contribution in [0.25, 0.3) is 0 Å². The first-order valence-electron chi connectivity index (χ1n) is 9.11. The van der Waals surface area contributed by atoms with Crippen LogP contribution in [0.3, 0.4) is 0 Å². The summed E-state index contributed by atoms with van der Waals surface area (Å²) in [6.45, 7) is 1.99. The zero-order valence-electron chi connectivity index (χ0n) is 14.3. The summed E-state index contributed by atoms with van der Waals surface area (Å²) in [4.78, 5) is 0. The predicted octanol–water partition coefficient (Wildman–Crippen LogP) is 3.49. The van der Waals surface area contributed by atoms with E-state index in [0.717, 1.165) is 43.9 Å². The Morgan fingerprint density at radius 3 is 2.88 bits per heavy atom. The number of hydrogen-bond donors (Lipinski definition) is 2. The molecule has 0 saturated heterocycles. The van der Waals surface area contributed by atoms with E-state index in [2.05, 4.69) is 11.4 Å². The number of fused-ring (bicyclic) bond motifs is 1. The number of nitrogens with one attached hydrogen (secondary N) is 1. The molecule has 1 aliphatic heterocycles. The van der Waals surface area contributed by atoms with Crippen LogP contribution in [-0.4, -0.2) is 37.0 Å². The summed E-state index contributed by atoms with van der Waals surface area (Å²) in [6, 6.07) is 6.64. The molecular formula is C19H30ClNO3. The second-order valence-electron chi connectivity index (χ2n) is 6.76. The van der Waals surface area contributed by atoms with E-state index in [-0.39, 0.29) is 12.4 Å². The van der Waals surface area contributed by atoms with E-state index >= 15 is 0 Å². The Bertz CT molecular complexity index is 492. The van der Waals surface area contributed by atoms with E-state index in [0.29, 0.717) is 12.6 Å². The highest BCUT2D eigenvalue weighted by Gasteiger charge is 2.14. The molecule has 0 aromatic heterocycles. The Kier molecular flexibility index (Phi) is 8.16. The molecule has 1 atom stereocenters. The fourth-order valence-corrected chi connectivity index (χ4v) is 3.45. The number of ether oxygens (including phenoxy) is 2. The third-order valence-electron chi connectivity index (χ3n) is 4.84. The molecule has 0 bridgehead atoms. The molecule has 1 saturated carbocycles. The fourth-order valence-electron chi connectivity index (χ4n) is 3.45. The van der Waals surface area contributed by atoms with Crippen molar-refractivity contribution >= 4 is 12.4 Å². The number of aliphatic hydroxyl groups is 1. The maximum absolute atomic E-state index is 10.1. The first-order chi connectivity index (χ1) is 11.3. The molecular weight excluding hydrogens is 326 g/mol. The van der Waals surface area contributed by atoms with Crippen LogP contribution in [0.4, 0.5) is 0 Å². The molecule has 3 rings (SSSR count). The molecule has 2 aliphatic rings. The Morgan fingerprint density at radius 1 is 1.21 bits per heavy atom. The highest BCUT2D eigenvalue weighted by molar-refractivity contribution is 5.85. The predicted molar refractivity (Wildman–Crippen MR) is 98.5 cm³/mol. The van der Waals surface area contributed by atoms with Gasteiger partial charge in [0.15, 0.2) is 0 Å². The molecule has 136 valence electrons. The van der Waals surface area contributed by atoms with Crippen molar-refractivity contribution in [1.82, 2.24) is 5.32 Å². The van der Waals surface area contributed by atoms with Gasteiger partial charge in [-0.25, -0.2) is 0 Å². The summed E-state index contributed by atoms with van der Waals surface area (Å²) >= 11 is 0. The van der Waals surface area contributed by atoms with Crippen molar-refractivity contribution in [3.8, 4) is 11.5 Å². The zero-order chi connectivity index (χ0) is 15.9. The Morgan fingerprint density at radius 2 is 2.04 bits per heavy atom. The van der Waals surface area contributed by atoms with Gasteiger partial charge in [0, 0.05) is 12.1 Å². The van der Waals surface area contributed by atoms with Crippen LogP contribution in [0.15, 0.2) is 18.2 Å². The topological polar surface area (TPSA) is 50.7 Å². The van der Waals surface area contributed by atoms with Gasteiger partial charge < -0.3 is 19.9 Å². The van der Waals surface area contributed by atoms with Crippen LogP contribution in [0.1, 0.15) is 50.5 Å². The lowest BCUT2D eigenvalue weighted by Crippen LogP contribution is -2.34. The molecule has 0 spiro atoms. The first kappa shape index (κ1) is 19.4. The van der Waals surface area contributed by atoms with Crippen LogP contribution in [0.2, 0.25) is 0 Å². The highest BCUT2D eigenvalue weighted by Crippen LogP contribution is 2.29. The third kappa shape index (κ3) is 5.83. The van der Waals surface area contributed by atoms with Gasteiger partial charge in [-0.1, -0.05) is 25.3 Å². The lowest BCUT2D eigenvalue weighted by Gasteiger charge is -2.23. The molecule has 1 aliphatic carbocycles. The van der Waals surface area contributed by atoms with Gasteiger partial charge in [0.1, 0.15) is 18.1 Å². The van der Waals surface area contributed by atoms with Gasteiger partial charge in [0.2, 0.25) is 0 Å².